The van der Waals surface area contributed by atoms with Gasteiger partial charge in [0.15, 0.2) is 0 Å². The number of sulfonamides is 1. The Morgan fingerprint density at radius 2 is 1.86 bits per heavy atom. The molecular formula is C14H28N4O2S. The monoisotopic (exact) mass is 316 g/mol. The highest BCUT2D eigenvalue weighted by molar-refractivity contribution is 7.89. The van der Waals surface area contributed by atoms with Gasteiger partial charge in [-0.25, -0.2) is 13.1 Å². The molecule has 4 N–H and O–H groups in total. The number of piperidine rings is 1. The molecule has 7 heteroatoms. The van der Waals surface area contributed by atoms with Gasteiger partial charge in [-0.3, -0.25) is 5.41 Å². The number of rotatable bonds is 5. The third kappa shape index (κ3) is 4.40. The van der Waals surface area contributed by atoms with Crippen LogP contribution in [0.25, 0.3) is 0 Å². The topological polar surface area (TPSA) is 99.3 Å². The van der Waals surface area contributed by atoms with Crippen LogP contribution >= 0.6 is 0 Å². The molecule has 122 valence electrons. The lowest BCUT2D eigenvalue weighted by atomic mass is 9.88. The molecule has 1 saturated carbocycles. The molecule has 6 nitrogen and oxygen atoms in total. The van der Waals surface area contributed by atoms with Crippen molar-refractivity contribution in [1.82, 2.24) is 9.62 Å². The maximum atomic E-state index is 12.5. The summed E-state index contributed by atoms with van der Waals surface area (Å²) in [5.74, 6) is 0.382. The Morgan fingerprint density at radius 1 is 1.29 bits per heavy atom. The molecule has 0 aromatic rings. The number of hydrogen-bond donors (Lipinski definition) is 3. The third-order valence-electron chi connectivity index (χ3n) is 4.89. The van der Waals surface area contributed by atoms with Gasteiger partial charge < -0.3 is 10.6 Å². The molecule has 1 saturated heterocycles. The Kier molecular flexibility index (Phi) is 5.27. The van der Waals surface area contributed by atoms with Gasteiger partial charge in [0.05, 0.1) is 11.3 Å². The molecule has 0 amide bonds. The van der Waals surface area contributed by atoms with Crippen molar-refractivity contribution in [1.29, 1.82) is 5.41 Å². The lowest BCUT2D eigenvalue weighted by molar-refractivity contribution is 0.218. The number of nitrogens with zero attached hydrogens (tertiary/aromatic N) is 1. The minimum absolute atomic E-state index is 0.0529. The molecule has 21 heavy (non-hydrogen) atoms. The predicted molar refractivity (Wildman–Crippen MR) is 84.9 cm³/mol. The molecule has 1 heterocycles. The smallest absolute Gasteiger partial charge is 0.212 e. The van der Waals surface area contributed by atoms with E-state index in [-0.39, 0.29) is 17.5 Å². The molecule has 2 fully saturated rings. The van der Waals surface area contributed by atoms with Crippen molar-refractivity contribution in [2.45, 2.75) is 50.5 Å². The van der Waals surface area contributed by atoms with Gasteiger partial charge in [-0.05, 0) is 38.6 Å². The van der Waals surface area contributed by atoms with Crippen LogP contribution in [0.5, 0.6) is 0 Å². The largest absolute Gasteiger partial charge is 0.386 e. The van der Waals surface area contributed by atoms with Crippen molar-refractivity contribution < 1.29 is 8.42 Å². The van der Waals surface area contributed by atoms with E-state index < -0.39 is 15.6 Å². The van der Waals surface area contributed by atoms with Crippen LogP contribution in [0.3, 0.4) is 0 Å². The van der Waals surface area contributed by atoms with Crippen molar-refractivity contribution >= 4 is 15.9 Å². The van der Waals surface area contributed by atoms with Gasteiger partial charge in [-0.1, -0.05) is 19.3 Å². The molecule has 0 atom stereocenters. The van der Waals surface area contributed by atoms with E-state index in [0.29, 0.717) is 12.8 Å². The zero-order valence-electron chi connectivity index (χ0n) is 12.9. The van der Waals surface area contributed by atoms with Gasteiger partial charge in [-0.2, -0.15) is 0 Å². The fourth-order valence-electron chi connectivity index (χ4n) is 3.43. The van der Waals surface area contributed by atoms with E-state index in [9.17, 15) is 8.42 Å². The molecule has 0 bridgehead atoms. The summed E-state index contributed by atoms with van der Waals surface area (Å²) in [7, 11) is -1.39. The molecule has 1 aliphatic heterocycles. The first-order chi connectivity index (χ1) is 9.83. The molecular weight excluding hydrogens is 288 g/mol. The first-order valence-electron chi connectivity index (χ1n) is 7.88. The Balaban J connectivity index is 2.03. The van der Waals surface area contributed by atoms with Crippen LogP contribution in [0.2, 0.25) is 0 Å². The summed E-state index contributed by atoms with van der Waals surface area (Å²) >= 11 is 0. The summed E-state index contributed by atoms with van der Waals surface area (Å²) in [4.78, 5) is 2.14. The van der Waals surface area contributed by atoms with Crippen molar-refractivity contribution in [3.05, 3.63) is 0 Å². The average Bonchev–Trinajstić information content (AvgIpc) is 2.41. The van der Waals surface area contributed by atoms with E-state index in [1.165, 1.54) is 6.42 Å². The molecule has 0 spiro atoms. The quantitative estimate of drug-likeness (QED) is 0.518. The second-order valence-corrected chi connectivity index (χ2v) is 8.45. The summed E-state index contributed by atoms with van der Waals surface area (Å²) in [5.41, 5.74) is 4.85. The van der Waals surface area contributed by atoms with Crippen LogP contribution in [0.1, 0.15) is 44.9 Å². The van der Waals surface area contributed by atoms with Crippen molar-refractivity contribution in [2.75, 3.05) is 25.9 Å². The normalized spacial score (nSPS) is 24.8. The van der Waals surface area contributed by atoms with E-state index in [4.69, 9.17) is 11.1 Å². The highest BCUT2D eigenvalue weighted by Crippen LogP contribution is 2.27. The van der Waals surface area contributed by atoms with E-state index >= 15 is 0 Å². The van der Waals surface area contributed by atoms with Crippen LogP contribution in [0.4, 0.5) is 0 Å². The Hall–Kier alpha value is -0.660. The third-order valence-corrected chi connectivity index (χ3v) is 6.50. The van der Waals surface area contributed by atoms with Crippen LogP contribution in [0.15, 0.2) is 0 Å². The molecule has 2 aliphatic rings. The Morgan fingerprint density at radius 3 is 2.38 bits per heavy atom. The number of amidine groups is 1. The number of hydrogen-bond acceptors (Lipinski definition) is 4. The molecule has 1 aliphatic carbocycles. The molecule has 0 aromatic carbocycles. The van der Waals surface area contributed by atoms with Gasteiger partial charge in [0.1, 0.15) is 5.84 Å². The van der Waals surface area contributed by atoms with E-state index in [2.05, 4.69) is 9.62 Å². The van der Waals surface area contributed by atoms with Crippen molar-refractivity contribution in [3.8, 4) is 0 Å². The fourth-order valence-corrected chi connectivity index (χ4v) is 5.38. The maximum absolute atomic E-state index is 12.5. The van der Waals surface area contributed by atoms with Crippen molar-refractivity contribution in [3.63, 3.8) is 0 Å². The van der Waals surface area contributed by atoms with Crippen LogP contribution in [-0.4, -0.2) is 50.6 Å². The number of nitrogens with one attached hydrogen (secondary N) is 2. The minimum atomic E-state index is -3.39. The molecule has 0 aromatic heterocycles. The number of nitrogens with two attached hydrogens (primary N) is 1. The van der Waals surface area contributed by atoms with Gasteiger partial charge in [-0.15, -0.1) is 0 Å². The summed E-state index contributed by atoms with van der Waals surface area (Å²) in [6.45, 7) is 1.51. The Bertz CT molecular complexity index is 463. The fraction of sp³-hybridized carbons (Fsp3) is 0.929. The minimum Gasteiger partial charge on any atom is -0.386 e. The molecule has 0 unspecified atom stereocenters. The second kappa shape index (κ2) is 6.62. The lowest BCUT2D eigenvalue weighted by Crippen LogP contribution is -2.62. The average molecular weight is 316 g/mol. The second-order valence-electron chi connectivity index (χ2n) is 6.69. The van der Waals surface area contributed by atoms with E-state index in [0.717, 1.165) is 38.8 Å². The van der Waals surface area contributed by atoms with Crippen molar-refractivity contribution in [2.24, 2.45) is 11.7 Å². The van der Waals surface area contributed by atoms with E-state index in [1.807, 2.05) is 7.05 Å². The number of likely N-dealkylation sites (tertiary alicyclic amines) is 1. The van der Waals surface area contributed by atoms with Gasteiger partial charge in [0.25, 0.3) is 0 Å². The zero-order valence-corrected chi connectivity index (χ0v) is 13.7. The van der Waals surface area contributed by atoms with Gasteiger partial charge >= 0.3 is 0 Å². The highest BCUT2D eigenvalue weighted by atomic mass is 32.2. The Labute approximate surface area is 128 Å². The highest BCUT2D eigenvalue weighted by Gasteiger charge is 2.40. The predicted octanol–water partition coefficient (Wildman–Crippen LogP) is 0.886. The van der Waals surface area contributed by atoms with E-state index in [1.54, 1.807) is 0 Å². The molecule has 2 rings (SSSR count). The SMILES string of the molecule is CN1CCC(NS(=O)(=O)CC2CCCCC2)(C(=N)N)CC1. The first-order valence-corrected chi connectivity index (χ1v) is 9.53. The van der Waals surface area contributed by atoms with Gasteiger partial charge in [0.2, 0.25) is 10.0 Å². The first kappa shape index (κ1) is 16.7. The van der Waals surface area contributed by atoms with Gasteiger partial charge in [0, 0.05) is 13.1 Å². The van der Waals surface area contributed by atoms with Crippen LogP contribution in [-0.2, 0) is 10.0 Å². The lowest BCUT2D eigenvalue weighted by Gasteiger charge is -2.40. The summed E-state index contributed by atoms with van der Waals surface area (Å²) in [6.07, 6.45) is 6.61. The summed E-state index contributed by atoms with van der Waals surface area (Å²) in [6, 6.07) is 0. The maximum Gasteiger partial charge on any atom is 0.212 e. The van der Waals surface area contributed by atoms with Crippen LogP contribution in [0, 0.1) is 11.3 Å². The summed E-state index contributed by atoms with van der Waals surface area (Å²) in [5, 5.41) is 7.83. The van der Waals surface area contributed by atoms with Crippen LogP contribution < -0.4 is 10.5 Å². The standard InChI is InChI=1S/C14H28N4O2S/c1-18-9-7-14(8-10-18,13(15)16)17-21(19,20)11-12-5-3-2-4-6-12/h12,17H,2-11H2,1H3,(H3,15,16). The summed E-state index contributed by atoms with van der Waals surface area (Å²) < 4.78 is 27.7. The zero-order chi connectivity index (χ0) is 15.5. The molecule has 0 radical (unpaired) electrons.